The Labute approximate surface area is 117 Å². The molecule has 0 bridgehead atoms. The van der Waals surface area contributed by atoms with Crippen LogP contribution in [-0.2, 0) is 17.9 Å². The summed E-state index contributed by atoms with van der Waals surface area (Å²) in [6.45, 7) is 1.25. The predicted molar refractivity (Wildman–Crippen MR) is 77.6 cm³/mol. The summed E-state index contributed by atoms with van der Waals surface area (Å²) >= 11 is 5.87. The Morgan fingerprint density at radius 1 is 1.16 bits per heavy atom. The number of hydrogen-bond acceptors (Lipinski definition) is 3. The Balaban J connectivity index is 2.01. The maximum Gasteiger partial charge on any atom is 0.134 e. The standard InChI is InChI=1S/C15H16ClNO2/c1-19-10-12-3-2-4-13(7-12)17-9-11-5-6-15(18)14(16)8-11/h2-8,17-18H,9-10H2,1H3. The molecule has 0 amide bonds. The lowest BCUT2D eigenvalue weighted by Crippen LogP contribution is -2.00. The largest absolute Gasteiger partial charge is 0.506 e. The first-order valence-corrected chi connectivity index (χ1v) is 6.36. The minimum atomic E-state index is 0.104. The van der Waals surface area contributed by atoms with Crippen molar-refractivity contribution in [3.05, 3.63) is 58.6 Å². The number of rotatable bonds is 5. The zero-order chi connectivity index (χ0) is 13.7. The molecule has 0 heterocycles. The average molecular weight is 278 g/mol. The van der Waals surface area contributed by atoms with Gasteiger partial charge in [-0.3, -0.25) is 0 Å². The van der Waals surface area contributed by atoms with Crippen LogP contribution in [0.4, 0.5) is 5.69 Å². The van der Waals surface area contributed by atoms with Gasteiger partial charge < -0.3 is 15.2 Å². The molecule has 0 aliphatic carbocycles. The van der Waals surface area contributed by atoms with E-state index < -0.39 is 0 Å². The molecule has 0 aliphatic rings. The zero-order valence-electron chi connectivity index (χ0n) is 10.7. The Hall–Kier alpha value is -1.71. The maximum atomic E-state index is 9.36. The first-order chi connectivity index (χ1) is 9.19. The van der Waals surface area contributed by atoms with E-state index >= 15 is 0 Å². The van der Waals surface area contributed by atoms with E-state index in [1.165, 1.54) is 0 Å². The van der Waals surface area contributed by atoms with Gasteiger partial charge in [-0.25, -0.2) is 0 Å². The predicted octanol–water partition coefficient (Wildman–Crippen LogP) is 3.80. The van der Waals surface area contributed by atoms with Crippen molar-refractivity contribution in [2.45, 2.75) is 13.2 Å². The lowest BCUT2D eigenvalue weighted by atomic mass is 10.2. The van der Waals surface area contributed by atoms with Crippen LogP contribution < -0.4 is 5.32 Å². The van der Waals surface area contributed by atoms with Gasteiger partial charge in [-0.1, -0.05) is 29.8 Å². The third-order valence-electron chi connectivity index (χ3n) is 2.75. The molecule has 0 saturated carbocycles. The van der Waals surface area contributed by atoms with Crippen molar-refractivity contribution in [1.29, 1.82) is 0 Å². The number of nitrogens with one attached hydrogen (secondary N) is 1. The van der Waals surface area contributed by atoms with E-state index in [0.717, 1.165) is 16.8 Å². The highest BCUT2D eigenvalue weighted by atomic mass is 35.5. The molecule has 3 nitrogen and oxygen atoms in total. The summed E-state index contributed by atoms with van der Waals surface area (Å²) in [5, 5.41) is 13.0. The molecule has 4 heteroatoms. The fraction of sp³-hybridized carbons (Fsp3) is 0.200. The summed E-state index contributed by atoms with van der Waals surface area (Å²) in [7, 11) is 1.68. The van der Waals surface area contributed by atoms with Crippen molar-refractivity contribution in [2.75, 3.05) is 12.4 Å². The summed E-state index contributed by atoms with van der Waals surface area (Å²) in [5.74, 6) is 0.104. The SMILES string of the molecule is COCc1cccc(NCc2ccc(O)c(Cl)c2)c1. The van der Waals surface area contributed by atoms with Crippen LogP contribution >= 0.6 is 11.6 Å². The second kappa shape index (κ2) is 6.45. The summed E-state index contributed by atoms with van der Waals surface area (Å²) in [5.41, 5.74) is 3.16. The van der Waals surface area contributed by atoms with Gasteiger partial charge in [0.25, 0.3) is 0 Å². The van der Waals surface area contributed by atoms with E-state index in [-0.39, 0.29) is 5.75 Å². The van der Waals surface area contributed by atoms with Crippen LogP contribution in [0.1, 0.15) is 11.1 Å². The number of hydrogen-bond donors (Lipinski definition) is 2. The lowest BCUT2D eigenvalue weighted by Gasteiger charge is -2.09. The van der Waals surface area contributed by atoms with Crippen LogP contribution in [0.3, 0.4) is 0 Å². The molecule has 2 rings (SSSR count). The number of halogens is 1. The van der Waals surface area contributed by atoms with Gasteiger partial charge in [0.2, 0.25) is 0 Å². The third kappa shape index (κ3) is 3.88. The molecule has 2 aromatic rings. The van der Waals surface area contributed by atoms with Crippen molar-refractivity contribution in [2.24, 2.45) is 0 Å². The molecule has 0 fully saturated rings. The van der Waals surface area contributed by atoms with Gasteiger partial charge in [0.05, 0.1) is 11.6 Å². The molecule has 100 valence electrons. The molecule has 2 N–H and O–H groups in total. The van der Waals surface area contributed by atoms with Gasteiger partial charge in [0.1, 0.15) is 5.75 Å². The highest BCUT2D eigenvalue weighted by molar-refractivity contribution is 6.32. The van der Waals surface area contributed by atoms with Crippen LogP contribution in [0.15, 0.2) is 42.5 Å². The molecular formula is C15H16ClNO2. The van der Waals surface area contributed by atoms with Crippen LogP contribution in [0.25, 0.3) is 0 Å². The zero-order valence-corrected chi connectivity index (χ0v) is 11.4. The van der Waals surface area contributed by atoms with E-state index in [0.29, 0.717) is 18.2 Å². The van der Waals surface area contributed by atoms with Gasteiger partial charge in [0.15, 0.2) is 0 Å². The molecule has 0 atom stereocenters. The topological polar surface area (TPSA) is 41.5 Å². The first-order valence-electron chi connectivity index (χ1n) is 5.98. The normalized spacial score (nSPS) is 10.4. The third-order valence-corrected chi connectivity index (χ3v) is 3.05. The molecule has 0 saturated heterocycles. The highest BCUT2D eigenvalue weighted by Crippen LogP contribution is 2.24. The van der Waals surface area contributed by atoms with Crippen molar-refractivity contribution in [3.8, 4) is 5.75 Å². The number of benzene rings is 2. The van der Waals surface area contributed by atoms with E-state index in [2.05, 4.69) is 5.32 Å². The van der Waals surface area contributed by atoms with E-state index in [1.54, 1.807) is 19.2 Å². The molecule has 2 aromatic carbocycles. The molecule has 0 aliphatic heterocycles. The monoisotopic (exact) mass is 277 g/mol. The van der Waals surface area contributed by atoms with Crippen molar-refractivity contribution >= 4 is 17.3 Å². The summed E-state index contributed by atoms with van der Waals surface area (Å²) in [6, 6.07) is 13.2. The minimum absolute atomic E-state index is 0.104. The van der Waals surface area contributed by atoms with Crippen LogP contribution in [0.5, 0.6) is 5.75 Å². The molecule has 0 unspecified atom stereocenters. The Kier molecular flexibility index (Phi) is 4.66. The quantitative estimate of drug-likeness (QED) is 0.873. The van der Waals surface area contributed by atoms with E-state index in [1.807, 2.05) is 30.3 Å². The number of ether oxygens (including phenoxy) is 1. The first kappa shape index (κ1) is 13.7. The Bertz CT molecular complexity index is 558. The number of aromatic hydroxyl groups is 1. The van der Waals surface area contributed by atoms with E-state index in [4.69, 9.17) is 16.3 Å². The van der Waals surface area contributed by atoms with Crippen molar-refractivity contribution in [3.63, 3.8) is 0 Å². The molecule has 19 heavy (non-hydrogen) atoms. The average Bonchev–Trinajstić information content (AvgIpc) is 2.41. The number of methoxy groups -OCH3 is 1. The van der Waals surface area contributed by atoms with Crippen LogP contribution in [0, 0.1) is 0 Å². The smallest absolute Gasteiger partial charge is 0.134 e. The Morgan fingerprint density at radius 3 is 2.74 bits per heavy atom. The molecule has 0 aromatic heterocycles. The lowest BCUT2D eigenvalue weighted by molar-refractivity contribution is 0.185. The summed E-state index contributed by atoms with van der Waals surface area (Å²) in [4.78, 5) is 0. The van der Waals surface area contributed by atoms with Gasteiger partial charge in [0, 0.05) is 19.3 Å². The number of phenolic OH excluding ortho intramolecular Hbond substituents is 1. The fourth-order valence-corrected chi connectivity index (χ4v) is 2.01. The van der Waals surface area contributed by atoms with Gasteiger partial charge in [-0.2, -0.15) is 0 Å². The summed E-state index contributed by atoms with van der Waals surface area (Å²) in [6.07, 6.45) is 0. The fourth-order valence-electron chi connectivity index (χ4n) is 1.80. The maximum absolute atomic E-state index is 9.36. The molecular weight excluding hydrogens is 262 g/mol. The van der Waals surface area contributed by atoms with E-state index in [9.17, 15) is 5.11 Å². The van der Waals surface area contributed by atoms with Gasteiger partial charge >= 0.3 is 0 Å². The number of phenols is 1. The van der Waals surface area contributed by atoms with Crippen LogP contribution in [-0.4, -0.2) is 12.2 Å². The highest BCUT2D eigenvalue weighted by Gasteiger charge is 2.00. The van der Waals surface area contributed by atoms with Crippen molar-refractivity contribution < 1.29 is 9.84 Å². The summed E-state index contributed by atoms with van der Waals surface area (Å²) < 4.78 is 5.10. The second-order valence-corrected chi connectivity index (χ2v) is 4.68. The van der Waals surface area contributed by atoms with Crippen LogP contribution in [0.2, 0.25) is 5.02 Å². The number of anilines is 1. The second-order valence-electron chi connectivity index (χ2n) is 4.27. The van der Waals surface area contributed by atoms with Crippen molar-refractivity contribution in [1.82, 2.24) is 0 Å². The van der Waals surface area contributed by atoms with Gasteiger partial charge in [-0.15, -0.1) is 0 Å². The molecule has 0 spiro atoms. The molecule has 0 radical (unpaired) electrons. The minimum Gasteiger partial charge on any atom is -0.506 e. The van der Waals surface area contributed by atoms with Gasteiger partial charge in [-0.05, 0) is 35.4 Å². The Morgan fingerprint density at radius 2 is 2.00 bits per heavy atom.